The van der Waals surface area contributed by atoms with Gasteiger partial charge in [0.2, 0.25) is 5.88 Å². The van der Waals surface area contributed by atoms with Crippen LogP contribution in [0.15, 0.2) is 48.7 Å². The van der Waals surface area contributed by atoms with Crippen molar-refractivity contribution < 1.29 is 22.7 Å². The molecule has 0 aliphatic heterocycles. The van der Waals surface area contributed by atoms with Crippen molar-refractivity contribution >= 4 is 5.91 Å². The smallest absolute Gasteiger partial charge is 0.417 e. The molecule has 28 heavy (non-hydrogen) atoms. The molecule has 0 fully saturated rings. The number of rotatable bonds is 5. The topological polar surface area (TPSA) is 117 Å². The summed E-state index contributed by atoms with van der Waals surface area (Å²) in [6.07, 6.45) is -3.77. The molecule has 0 saturated heterocycles. The number of alkyl halides is 3. The predicted octanol–water partition coefficient (Wildman–Crippen LogP) is 2.91. The van der Waals surface area contributed by atoms with Crippen LogP contribution >= 0.6 is 0 Å². The highest BCUT2D eigenvalue weighted by Crippen LogP contribution is 2.30. The molecular formula is C18H14F3N5O2. The largest absolute Gasteiger partial charge is 0.439 e. The van der Waals surface area contributed by atoms with Gasteiger partial charge in [-0.15, -0.1) is 0 Å². The van der Waals surface area contributed by atoms with E-state index in [1.165, 1.54) is 6.07 Å². The minimum absolute atomic E-state index is 0.0122. The molecule has 0 bridgehead atoms. The Kier molecular flexibility index (Phi) is 5.23. The molecule has 1 amide bonds. The highest BCUT2D eigenvalue weighted by molar-refractivity contribution is 5.91. The van der Waals surface area contributed by atoms with Crippen LogP contribution in [0.25, 0.3) is 11.4 Å². The molecule has 3 rings (SSSR count). The molecule has 0 aliphatic carbocycles. The lowest BCUT2D eigenvalue weighted by Crippen LogP contribution is -2.15. The first-order valence-electron chi connectivity index (χ1n) is 7.95. The van der Waals surface area contributed by atoms with Crippen molar-refractivity contribution in [2.45, 2.75) is 12.7 Å². The first kappa shape index (κ1) is 19.2. The number of hydrogen-bond donors (Lipinski definition) is 2. The van der Waals surface area contributed by atoms with E-state index in [2.05, 4.69) is 15.0 Å². The Morgan fingerprint density at radius 1 is 1.07 bits per heavy atom. The first-order chi connectivity index (χ1) is 13.3. The van der Waals surface area contributed by atoms with Crippen molar-refractivity contribution in [3.8, 4) is 23.0 Å². The summed E-state index contributed by atoms with van der Waals surface area (Å²) >= 11 is 0. The van der Waals surface area contributed by atoms with E-state index < -0.39 is 17.6 Å². The van der Waals surface area contributed by atoms with E-state index in [0.29, 0.717) is 23.2 Å². The number of benzene rings is 1. The maximum Gasteiger partial charge on any atom is 0.417 e. The highest BCUT2D eigenvalue weighted by atomic mass is 19.4. The summed E-state index contributed by atoms with van der Waals surface area (Å²) in [5.74, 6) is -0.0816. The van der Waals surface area contributed by atoms with E-state index in [9.17, 15) is 18.0 Å². The van der Waals surface area contributed by atoms with Crippen molar-refractivity contribution in [3.63, 3.8) is 0 Å². The van der Waals surface area contributed by atoms with Gasteiger partial charge < -0.3 is 16.2 Å². The number of ether oxygens (including phenoxy) is 1. The molecule has 0 atom stereocenters. The zero-order valence-corrected chi connectivity index (χ0v) is 14.3. The Morgan fingerprint density at radius 3 is 2.32 bits per heavy atom. The summed E-state index contributed by atoms with van der Waals surface area (Å²) in [5.41, 5.74) is 11.0. The second-order valence-electron chi connectivity index (χ2n) is 5.65. The van der Waals surface area contributed by atoms with Crippen LogP contribution in [-0.2, 0) is 12.7 Å². The average Bonchev–Trinajstić information content (AvgIpc) is 2.68. The van der Waals surface area contributed by atoms with Crippen molar-refractivity contribution in [3.05, 3.63) is 65.6 Å². The van der Waals surface area contributed by atoms with Gasteiger partial charge in [-0.2, -0.15) is 13.2 Å². The predicted molar refractivity (Wildman–Crippen MR) is 93.2 cm³/mol. The van der Waals surface area contributed by atoms with Gasteiger partial charge in [0, 0.05) is 24.4 Å². The number of nitrogens with zero attached hydrogens (tertiary/aromatic N) is 3. The van der Waals surface area contributed by atoms with Crippen LogP contribution in [0.4, 0.5) is 13.2 Å². The number of primary amides is 1. The molecule has 4 N–H and O–H groups in total. The van der Waals surface area contributed by atoms with E-state index in [1.807, 2.05) is 0 Å². The normalized spacial score (nSPS) is 11.3. The van der Waals surface area contributed by atoms with E-state index in [-0.39, 0.29) is 23.9 Å². The molecule has 0 spiro atoms. The summed E-state index contributed by atoms with van der Waals surface area (Å²) in [5, 5.41) is 0. The molecule has 2 heterocycles. The quantitative estimate of drug-likeness (QED) is 0.693. The standard InChI is InChI=1S/C18H14F3N5O2/c19-18(20,21)11-3-6-15(24-9-11)28-13-4-1-10(2-5-13)17-25-12(8-22)7-14(26-17)16(23)27/h1-7,9H,8,22H2,(H2,23,27). The number of hydrogen-bond acceptors (Lipinski definition) is 6. The number of nitrogens with two attached hydrogens (primary N) is 2. The molecule has 0 radical (unpaired) electrons. The summed E-state index contributed by atoms with van der Waals surface area (Å²) in [4.78, 5) is 23.4. The monoisotopic (exact) mass is 389 g/mol. The summed E-state index contributed by atoms with van der Waals surface area (Å²) in [6, 6.07) is 9.81. The van der Waals surface area contributed by atoms with Gasteiger partial charge in [0.25, 0.3) is 5.91 Å². The van der Waals surface area contributed by atoms with Gasteiger partial charge in [-0.25, -0.2) is 15.0 Å². The lowest BCUT2D eigenvalue weighted by molar-refractivity contribution is -0.137. The van der Waals surface area contributed by atoms with E-state index in [1.54, 1.807) is 24.3 Å². The highest BCUT2D eigenvalue weighted by Gasteiger charge is 2.30. The van der Waals surface area contributed by atoms with Gasteiger partial charge in [-0.05, 0) is 36.4 Å². The minimum atomic E-state index is -4.46. The van der Waals surface area contributed by atoms with Crippen molar-refractivity contribution in [1.82, 2.24) is 15.0 Å². The maximum absolute atomic E-state index is 12.6. The van der Waals surface area contributed by atoms with E-state index in [0.717, 1.165) is 12.1 Å². The molecule has 10 heteroatoms. The molecule has 7 nitrogen and oxygen atoms in total. The molecular weight excluding hydrogens is 375 g/mol. The molecule has 0 aliphatic rings. The lowest BCUT2D eigenvalue weighted by Gasteiger charge is -2.09. The number of carbonyl (C=O) groups excluding carboxylic acids is 1. The van der Waals surface area contributed by atoms with Crippen molar-refractivity contribution in [2.75, 3.05) is 0 Å². The van der Waals surface area contributed by atoms with Crippen molar-refractivity contribution in [1.29, 1.82) is 0 Å². The molecule has 0 saturated carbocycles. The number of carbonyl (C=O) groups is 1. The van der Waals surface area contributed by atoms with Gasteiger partial charge in [0.15, 0.2) is 5.82 Å². The van der Waals surface area contributed by atoms with Gasteiger partial charge >= 0.3 is 6.18 Å². The maximum atomic E-state index is 12.6. The van der Waals surface area contributed by atoms with Gasteiger partial charge in [0.05, 0.1) is 11.3 Å². The van der Waals surface area contributed by atoms with Gasteiger partial charge in [-0.3, -0.25) is 4.79 Å². The molecule has 2 aromatic heterocycles. The third kappa shape index (κ3) is 4.41. The van der Waals surface area contributed by atoms with Crippen LogP contribution < -0.4 is 16.2 Å². The molecule has 1 aromatic carbocycles. The third-order valence-corrected chi connectivity index (χ3v) is 3.64. The number of pyridine rings is 1. The van der Waals surface area contributed by atoms with Crippen molar-refractivity contribution in [2.24, 2.45) is 11.5 Å². The number of halogens is 3. The Balaban J connectivity index is 1.80. The Hall–Kier alpha value is -3.53. The zero-order chi connectivity index (χ0) is 20.3. The van der Waals surface area contributed by atoms with Crippen LogP contribution in [0.1, 0.15) is 21.7 Å². The second-order valence-corrected chi connectivity index (χ2v) is 5.65. The van der Waals surface area contributed by atoms with E-state index >= 15 is 0 Å². The fourth-order valence-corrected chi connectivity index (χ4v) is 2.26. The molecule has 144 valence electrons. The van der Waals surface area contributed by atoms with Gasteiger partial charge in [0.1, 0.15) is 11.4 Å². The van der Waals surface area contributed by atoms with Crippen LogP contribution in [0.5, 0.6) is 11.6 Å². The molecule has 0 unspecified atom stereocenters. The fraction of sp³-hybridized carbons (Fsp3) is 0.111. The number of aromatic nitrogens is 3. The Bertz CT molecular complexity index is 990. The van der Waals surface area contributed by atoms with Crippen LogP contribution in [0.2, 0.25) is 0 Å². The minimum Gasteiger partial charge on any atom is -0.439 e. The Labute approximate surface area is 157 Å². The average molecular weight is 389 g/mol. The number of amides is 1. The van der Waals surface area contributed by atoms with Crippen LogP contribution in [0, 0.1) is 0 Å². The zero-order valence-electron chi connectivity index (χ0n) is 14.3. The second kappa shape index (κ2) is 7.61. The summed E-state index contributed by atoms with van der Waals surface area (Å²) in [7, 11) is 0. The van der Waals surface area contributed by atoms with Crippen LogP contribution in [-0.4, -0.2) is 20.9 Å². The van der Waals surface area contributed by atoms with Gasteiger partial charge in [-0.1, -0.05) is 0 Å². The fourth-order valence-electron chi connectivity index (χ4n) is 2.26. The third-order valence-electron chi connectivity index (χ3n) is 3.64. The summed E-state index contributed by atoms with van der Waals surface area (Å²) < 4.78 is 43.1. The SMILES string of the molecule is NCc1cc(C(N)=O)nc(-c2ccc(Oc3ccc(C(F)(F)F)cn3)cc2)n1. The Morgan fingerprint density at radius 2 is 1.79 bits per heavy atom. The van der Waals surface area contributed by atoms with E-state index in [4.69, 9.17) is 16.2 Å². The first-order valence-corrected chi connectivity index (χ1v) is 7.95. The lowest BCUT2D eigenvalue weighted by atomic mass is 10.2. The van der Waals surface area contributed by atoms with Crippen LogP contribution in [0.3, 0.4) is 0 Å². The summed E-state index contributed by atoms with van der Waals surface area (Å²) in [6.45, 7) is 0.108. The molecule has 3 aromatic rings.